The molecule has 0 heterocycles. The summed E-state index contributed by atoms with van der Waals surface area (Å²) in [6, 6.07) is 11.6. The molecule has 0 bridgehead atoms. The molecule has 0 aliphatic heterocycles. The maximum atomic E-state index is 9.93. The Kier molecular flexibility index (Phi) is 3.01. The third-order valence-corrected chi connectivity index (χ3v) is 2.93. The van der Waals surface area contributed by atoms with Gasteiger partial charge >= 0.3 is 0 Å². The van der Waals surface area contributed by atoms with Gasteiger partial charge in [-0.05, 0) is 36.6 Å². The van der Waals surface area contributed by atoms with Gasteiger partial charge in [0.2, 0.25) is 0 Å². The zero-order valence-corrected chi connectivity index (χ0v) is 10.2. The zero-order valence-electron chi connectivity index (χ0n) is 10.2. The van der Waals surface area contributed by atoms with Gasteiger partial charge in [0.25, 0.3) is 0 Å². The summed E-state index contributed by atoms with van der Waals surface area (Å²) in [4.78, 5) is 0. The fourth-order valence-corrected chi connectivity index (χ4v) is 2.17. The lowest BCUT2D eigenvalue weighted by Crippen LogP contribution is -1.90. The first kappa shape index (κ1) is 11.5. The van der Waals surface area contributed by atoms with Crippen molar-refractivity contribution in [3.8, 4) is 16.9 Å². The van der Waals surface area contributed by atoms with E-state index in [1.807, 2.05) is 24.3 Å². The van der Waals surface area contributed by atoms with Crippen LogP contribution in [0.15, 0.2) is 43.0 Å². The molecule has 1 heteroatoms. The second kappa shape index (κ2) is 4.46. The molecule has 0 radical (unpaired) electrons. The molecule has 0 spiro atoms. The predicted molar refractivity (Wildman–Crippen MR) is 73.1 cm³/mol. The molecule has 86 valence electrons. The van der Waals surface area contributed by atoms with Gasteiger partial charge in [0, 0.05) is 5.56 Å². The third kappa shape index (κ3) is 2.09. The molecule has 0 aliphatic carbocycles. The second-order valence-electron chi connectivity index (χ2n) is 4.26. The summed E-state index contributed by atoms with van der Waals surface area (Å²) >= 11 is 0. The number of phenols is 1. The number of rotatable bonds is 2. The monoisotopic (exact) mass is 224 g/mol. The standard InChI is InChI=1S/C16H16O/c1-4-13-12(3)9-11(2)10-15(13)14-7-5-6-8-16(14)17/h4-10,17H,1H2,2-3H3. The van der Waals surface area contributed by atoms with E-state index < -0.39 is 0 Å². The van der Waals surface area contributed by atoms with Gasteiger partial charge < -0.3 is 5.11 Å². The van der Waals surface area contributed by atoms with Crippen LogP contribution in [0.2, 0.25) is 0 Å². The van der Waals surface area contributed by atoms with E-state index in [0.717, 1.165) is 16.7 Å². The number of aromatic hydroxyl groups is 1. The molecule has 1 nitrogen and oxygen atoms in total. The van der Waals surface area contributed by atoms with E-state index in [9.17, 15) is 5.11 Å². The van der Waals surface area contributed by atoms with Gasteiger partial charge in [0.15, 0.2) is 0 Å². The summed E-state index contributed by atoms with van der Waals surface area (Å²) in [5, 5.41) is 9.93. The van der Waals surface area contributed by atoms with Crippen LogP contribution in [0.1, 0.15) is 16.7 Å². The quantitative estimate of drug-likeness (QED) is 0.805. The van der Waals surface area contributed by atoms with Crippen LogP contribution in [-0.4, -0.2) is 5.11 Å². The molecule has 2 rings (SSSR count). The molecule has 0 unspecified atom stereocenters. The van der Waals surface area contributed by atoms with Gasteiger partial charge in [-0.1, -0.05) is 48.6 Å². The molecule has 2 aromatic carbocycles. The highest BCUT2D eigenvalue weighted by molar-refractivity contribution is 5.80. The van der Waals surface area contributed by atoms with Crippen LogP contribution in [0.5, 0.6) is 5.75 Å². The van der Waals surface area contributed by atoms with Crippen LogP contribution >= 0.6 is 0 Å². The van der Waals surface area contributed by atoms with E-state index in [1.165, 1.54) is 11.1 Å². The molecule has 0 aromatic heterocycles. The highest BCUT2D eigenvalue weighted by Crippen LogP contribution is 2.34. The first-order valence-electron chi connectivity index (χ1n) is 5.65. The molecule has 0 aliphatic rings. The van der Waals surface area contributed by atoms with Crippen molar-refractivity contribution in [3.63, 3.8) is 0 Å². The Morgan fingerprint density at radius 1 is 1.06 bits per heavy atom. The Morgan fingerprint density at radius 2 is 1.76 bits per heavy atom. The molecule has 0 fully saturated rings. The van der Waals surface area contributed by atoms with Crippen molar-refractivity contribution < 1.29 is 5.11 Å². The molecule has 0 atom stereocenters. The van der Waals surface area contributed by atoms with Gasteiger partial charge in [0.05, 0.1) is 0 Å². The minimum Gasteiger partial charge on any atom is -0.507 e. The molecule has 2 aromatic rings. The Labute approximate surface area is 102 Å². The minimum atomic E-state index is 0.306. The lowest BCUT2D eigenvalue weighted by atomic mass is 9.93. The van der Waals surface area contributed by atoms with Gasteiger partial charge in [-0.2, -0.15) is 0 Å². The van der Waals surface area contributed by atoms with Crippen molar-refractivity contribution in [2.24, 2.45) is 0 Å². The Bertz CT molecular complexity index is 568. The van der Waals surface area contributed by atoms with Crippen molar-refractivity contribution in [1.82, 2.24) is 0 Å². The van der Waals surface area contributed by atoms with Crippen LogP contribution in [0, 0.1) is 13.8 Å². The van der Waals surface area contributed by atoms with Crippen molar-refractivity contribution in [1.29, 1.82) is 0 Å². The largest absolute Gasteiger partial charge is 0.507 e. The van der Waals surface area contributed by atoms with Crippen molar-refractivity contribution >= 4 is 6.08 Å². The van der Waals surface area contributed by atoms with Crippen molar-refractivity contribution in [3.05, 3.63) is 59.7 Å². The van der Waals surface area contributed by atoms with E-state index in [0.29, 0.717) is 5.75 Å². The van der Waals surface area contributed by atoms with Crippen LogP contribution in [0.25, 0.3) is 17.2 Å². The summed E-state index contributed by atoms with van der Waals surface area (Å²) < 4.78 is 0. The SMILES string of the molecule is C=Cc1c(C)cc(C)cc1-c1ccccc1O. The number of para-hydroxylation sites is 1. The highest BCUT2D eigenvalue weighted by Gasteiger charge is 2.09. The lowest BCUT2D eigenvalue weighted by Gasteiger charge is -2.12. The summed E-state index contributed by atoms with van der Waals surface area (Å²) in [5.41, 5.74) is 5.34. The first-order chi connectivity index (χ1) is 8.13. The minimum absolute atomic E-state index is 0.306. The topological polar surface area (TPSA) is 20.2 Å². The molecule has 1 N–H and O–H groups in total. The normalized spacial score (nSPS) is 10.2. The summed E-state index contributed by atoms with van der Waals surface area (Å²) in [6.45, 7) is 7.98. The van der Waals surface area contributed by atoms with Crippen LogP contribution in [-0.2, 0) is 0 Å². The van der Waals surface area contributed by atoms with Crippen molar-refractivity contribution in [2.75, 3.05) is 0 Å². The fraction of sp³-hybridized carbons (Fsp3) is 0.125. The third-order valence-electron chi connectivity index (χ3n) is 2.93. The smallest absolute Gasteiger partial charge is 0.123 e. The Balaban J connectivity index is 2.75. The number of aryl methyl sites for hydroxylation is 2. The van der Waals surface area contributed by atoms with Crippen LogP contribution in [0.3, 0.4) is 0 Å². The maximum Gasteiger partial charge on any atom is 0.123 e. The average Bonchev–Trinajstić information content (AvgIpc) is 2.28. The molecular formula is C16H16O. The lowest BCUT2D eigenvalue weighted by molar-refractivity contribution is 0.477. The first-order valence-corrected chi connectivity index (χ1v) is 5.65. The van der Waals surface area contributed by atoms with Gasteiger partial charge in [-0.3, -0.25) is 0 Å². The van der Waals surface area contributed by atoms with Gasteiger partial charge in [-0.25, -0.2) is 0 Å². The Hall–Kier alpha value is -2.02. The second-order valence-corrected chi connectivity index (χ2v) is 4.26. The number of phenolic OH excluding ortho intramolecular Hbond substituents is 1. The highest BCUT2D eigenvalue weighted by atomic mass is 16.3. The van der Waals surface area contributed by atoms with Gasteiger partial charge in [-0.15, -0.1) is 0 Å². The van der Waals surface area contributed by atoms with Crippen molar-refractivity contribution in [2.45, 2.75) is 13.8 Å². The molecule has 17 heavy (non-hydrogen) atoms. The maximum absolute atomic E-state index is 9.93. The van der Waals surface area contributed by atoms with E-state index in [4.69, 9.17) is 0 Å². The molecular weight excluding hydrogens is 208 g/mol. The Morgan fingerprint density at radius 3 is 2.41 bits per heavy atom. The number of benzene rings is 2. The van der Waals surface area contributed by atoms with Crippen LogP contribution in [0.4, 0.5) is 0 Å². The van der Waals surface area contributed by atoms with Crippen LogP contribution < -0.4 is 0 Å². The van der Waals surface area contributed by atoms with E-state index in [1.54, 1.807) is 6.07 Å². The molecule has 0 saturated carbocycles. The van der Waals surface area contributed by atoms with Gasteiger partial charge in [0.1, 0.15) is 5.75 Å². The molecule has 0 saturated heterocycles. The summed E-state index contributed by atoms with van der Waals surface area (Å²) in [5.74, 6) is 0.306. The fourth-order valence-electron chi connectivity index (χ4n) is 2.17. The number of hydrogen-bond acceptors (Lipinski definition) is 1. The molecule has 0 amide bonds. The average molecular weight is 224 g/mol. The zero-order chi connectivity index (χ0) is 12.4. The van der Waals surface area contributed by atoms with E-state index >= 15 is 0 Å². The summed E-state index contributed by atoms with van der Waals surface area (Å²) in [7, 11) is 0. The van der Waals surface area contributed by atoms with E-state index in [2.05, 4.69) is 32.6 Å². The number of hydrogen-bond donors (Lipinski definition) is 1. The summed E-state index contributed by atoms with van der Waals surface area (Å²) in [6.07, 6.45) is 1.84. The van der Waals surface area contributed by atoms with E-state index in [-0.39, 0.29) is 0 Å². The predicted octanol–water partition coefficient (Wildman–Crippen LogP) is 4.32.